The number of hydrogen-bond acceptors (Lipinski definition) is 4. The highest BCUT2D eigenvalue weighted by molar-refractivity contribution is 8.00. The van der Waals surface area contributed by atoms with Crippen molar-refractivity contribution in [2.45, 2.75) is 10.3 Å². The number of thioether (sulfide) groups is 1. The molecule has 0 bridgehead atoms. The maximum Gasteiger partial charge on any atom is 0.227 e. The molecule has 0 N–H and O–H groups in total. The number of oxazole rings is 1. The lowest BCUT2D eigenvalue weighted by Crippen LogP contribution is -2.29. The lowest BCUT2D eigenvalue weighted by atomic mass is 10.1. The Morgan fingerprint density at radius 2 is 1.83 bits per heavy atom. The summed E-state index contributed by atoms with van der Waals surface area (Å²) in [5.74, 6) is 0.669. The molecule has 0 aliphatic carbocycles. The standard InChI is InChI=1S/C25H20N3OS/c1-27-14-13-18(17-7-3-5-9-20(17)27)25-28(2)21-12-11-16(15-23(21)30-25)24-26-19-8-4-6-10-22(19)29-24/h3-15,25H,1-2H3/q+1. The van der Waals surface area contributed by atoms with Crippen molar-refractivity contribution in [3.05, 3.63) is 84.6 Å². The van der Waals surface area contributed by atoms with Gasteiger partial charge in [0, 0.05) is 35.2 Å². The molecule has 6 rings (SSSR count). The average Bonchev–Trinajstić information content (AvgIpc) is 3.35. The smallest absolute Gasteiger partial charge is 0.227 e. The number of anilines is 1. The number of benzene rings is 3. The SMILES string of the molecule is CN1c2ccc(-c3nc4ccccc4o3)cc2SC1c1cc[n+](C)c2ccccc12. The third-order valence-electron chi connectivity index (χ3n) is 5.81. The Kier molecular flexibility index (Phi) is 3.86. The van der Waals surface area contributed by atoms with Crippen LogP contribution in [0.25, 0.3) is 33.5 Å². The summed E-state index contributed by atoms with van der Waals surface area (Å²) >= 11 is 1.88. The number of fused-ring (bicyclic) bond motifs is 3. The van der Waals surface area contributed by atoms with E-state index in [1.807, 2.05) is 36.0 Å². The molecule has 30 heavy (non-hydrogen) atoms. The largest absolute Gasteiger partial charge is 0.436 e. The van der Waals surface area contributed by atoms with Gasteiger partial charge in [0.15, 0.2) is 11.8 Å². The van der Waals surface area contributed by atoms with Crippen molar-refractivity contribution in [1.82, 2.24) is 4.98 Å². The summed E-state index contributed by atoms with van der Waals surface area (Å²) in [6.45, 7) is 0. The van der Waals surface area contributed by atoms with Crippen molar-refractivity contribution >= 4 is 39.5 Å². The minimum absolute atomic E-state index is 0.227. The summed E-state index contributed by atoms with van der Waals surface area (Å²) in [6, 6.07) is 25.2. The Morgan fingerprint density at radius 3 is 2.73 bits per heavy atom. The number of hydrogen-bond donors (Lipinski definition) is 0. The third-order valence-corrected chi connectivity index (χ3v) is 7.18. The van der Waals surface area contributed by atoms with Crippen LogP contribution in [-0.2, 0) is 7.05 Å². The Morgan fingerprint density at radius 1 is 1.00 bits per heavy atom. The minimum Gasteiger partial charge on any atom is -0.436 e. The topological polar surface area (TPSA) is 33.2 Å². The highest BCUT2D eigenvalue weighted by atomic mass is 32.2. The maximum absolute atomic E-state index is 5.99. The second-order valence-corrected chi connectivity index (χ2v) is 8.77. The van der Waals surface area contributed by atoms with Crippen LogP contribution in [0.2, 0.25) is 0 Å². The average molecular weight is 411 g/mol. The van der Waals surface area contributed by atoms with E-state index in [0.29, 0.717) is 5.89 Å². The van der Waals surface area contributed by atoms with Gasteiger partial charge in [-0.3, -0.25) is 0 Å². The van der Waals surface area contributed by atoms with Crippen LogP contribution in [0.15, 0.2) is 88.3 Å². The van der Waals surface area contributed by atoms with Gasteiger partial charge in [-0.25, -0.2) is 9.55 Å². The number of aromatic nitrogens is 2. The van der Waals surface area contributed by atoms with Crippen molar-refractivity contribution in [2.24, 2.45) is 7.05 Å². The molecule has 0 amide bonds. The Balaban J connectivity index is 1.41. The van der Waals surface area contributed by atoms with E-state index >= 15 is 0 Å². The van der Waals surface area contributed by atoms with Crippen molar-refractivity contribution in [3.8, 4) is 11.5 Å². The van der Waals surface area contributed by atoms with E-state index in [-0.39, 0.29) is 5.37 Å². The molecule has 3 aromatic carbocycles. The van der Waals surface area contributed by atoms with E-state index in [2.05, 4.69) is 83.3 Å². The molecule has 5 heteroatoms. The molecule has 0 saturated heterocycles. The van der Waals surface area contributed by atoms with Gasteiger partial charge in [0.1, 0.15) is 17.9 Å². The summed E-state index contributed by atoms with van der Waals surface area (Å²) < 4.78 is 8.16. The van der Waals surface area contributed by atoms with Crippen molar-refractivity contribution in [2.75, 3.05) is 11.9 Å². The molecular weight excluding hydrogens is 390 g/mol. The number of nitrogens with zero attached hydrogens (tertiary/aromatic N) is 3. The van der Waals surface area contributed by atoms with Crippen LogP contribution in [0.4, 0.5) is 5.69 Å². The van der Waals surface area contributed by atoms with Crippen molar-refractivity contribution in [3.63, 3.8) is 0 Å². The van der Waals surface area contributed by atoms with E-state index in [4.69, 9.17) is 4.42 Å². The molecule has 1 aliphatic heterocycles. The monoisotopic (exact) mass is 410 g/mol. The molecule has 5 aromatic rings. The molecule has 1 unspecified atom stereocenters. The molecule has 2 aromatic heterocycles. The molecule has 4 nitrogen and oxygen atoms in total. The van der Waals surface area contributed by atoms with Crippen LogP contribution < -0.4 is 9.47 Å². The van der Waals surface area contributed by atoms with E-state index < -0.39 is 0 Å². The fourth-order valence-corrected chi connectivity index (χ4v) is 5.60. The summed E-state index contributed by atoms with van der Waals surface area (Å²) in [6.07, 6.45) is 2.15. The lowest BCUT2D eigenvalue weighted by Gasteiger charge is -2.22. The first kappa shape index (κ1) is 17.5. The predicted octanol–water partition coefficient (Wildman–Crippen LogP) is 5.71. The summed E-state index contributed by atoms with van der Waals surface area (Å²) in [7, 11) is 4.27. The van der Waals surface area contributed by atoms with Gasteiger partial charge in [0.05, 0.1) is 11.1 Å². The Hall–Kier alpha value is -3.31. The summed E-state index contributed by atoms with van der Waals surface area (Å²) in [5.41, 5.74) is 6.53. The molecule has 146 valence electrons. The first-order valence-corrected chi connectivity index (χ1v) is 10.8. The fourth-order valence-electron chi connectivity index (χ4n) is 4.23. The number of para-hydroxylation sites is 3. The molecule has 1 aliphatic rings. The van der Waals surface area contributed by atoms with E-state index in [1.54, 1.807) is 0 Å². The van der Waals surface area contributed by atoms with E-state index in [9.17, 15) is 0 Å². The molecule has 3 heterocycles. The fraction of sp³-hybridized carbons (Fsp3) is 0.120. The number of aryl methyl sites for hydroxylation is 1. The van der Waals surface area contributed by atoms with Crippen molar-refractivity contribution < 1.29 is 8.98 Å². The predicted molar refractivity (Wildman–Crippen MR) is 122 cm³/mol. The van der Waals surface area contributed by atoms with Gasteiger partial charge in [-0.2, -0.15) is 0 Å². The molecular formula is C25H20N3OS+. The van der Waals surface area contributed by atoms with Gasteiger partial charge >= 0.3 is 0 Å². The van der Waals surface area contributed by atoms with Gasteiger partial charge in [-0.15, -0.1) is 0 Å². The van der Waals surface area contributed by atoms with Crippen LogP contribution in [0.3, 0.4) is 0 Å². The zero-order valence-corrected chi connectivity index (χ0v) is 17.6. The normalized spacial score (nSPS) is 15.8. The highest BCUT2D eigenvalue weighted by Crippen LogP contribution is 2.52. The summed E-state index contributed by atoms with van der Waals surface area (Å²) in [5, 5.41) is 1.52. The first-order chi connectivity index (χ1) is 14.7. The van der Waals surface area contributed by atoms with Gasteiger partial charge < -0.3 is 9.32 Å². The zero-order valence-electron chi connectivity index (χ0n) is 16.7. The maximum atomic E-state index is 5.99. The van der Waals surface area contributed by atoms with E-state index in [1.165, 1.54) is 27.0 Å². The molecule has 1 atom stereocenters. The molecule has 0 fully saturated rings. The van der Waals surface area contributed by atoms with Crippen LogP contribution in [0.5, 0.6) is 0 Å². The minimum atomic E-state index is 0.227. The zero-order chi connectivity index (χ0) is 20.2. The van der Waals surface area contributed by atoms with Gasteiger partial charge in [0.2, 0.25) is 11.4 Å². The van der Waals surface area contributed by atoms with Gasteiger partial charge in [0.25, 0.3) is 0 Å². The second-order valence-electron chi connectivity index (χ2n) is 7.65. The molecule has 0 spiro atoms. The Labute approximate surface area is 178 Å². The van der Waals surface area contributed by atoms with Gasteiger partial charge in [-0.05, 0) is 36.4 Å². The van der Waals surface area contributed by atoms with Crippen LogP contribution in [0.1, 0.15) is 10.9 Å². The quantitative estimate of drug-likeness (QED) is 0.349. The number of rotatable bonds is 2. The highest BCUT2D eigenvalue weighted by Gasteiger charge is 2.31. The second kappa shape index (κ2) is 6.61. The molecule has 0 saturated carbocycles. The summed E-state index contributed by atoms with van der Waals surface area (Å²) in [4.78, 5) is 8.27. The third kappa shape index (κ3) is 2.62. The Bertz CT molecular complexity index is 1390. The lowest BCUT2D eigenvalue weighted by molar-refractivity contribution is -0.644. The first-order valence-electron chi connectivity index (χ1n) is 9.96. The van der Waals surface area contributed by atoms with Crippen LogP contribution >= 0.6 is 11.8 Å². The van der Waals surface area contributed by atoms with Crippen LogP contribution in [-0.4, -0.2) is 12.0 Å². The number of pyridine rings is 1. The van der Waals surface area contributed by atoms with Gasteiger partial charge in [-0.1, -0.05) is 36.0 Å². The molecule has 0 radical (unpaired) electrons. The van der Waals surface area contributed by atoms with Crippen LogP contribution in [0, 0.1) is 0 Å². The van der Waals surface area contributed by atoms with E-state index in [0.717, 1.165) is 16.7 Å². The van der Waals surface area contributed by atoms with Crippen molar-refractivity contribution in [1.29, 1.82) is 0 Å².